The van der Waals surface area contributed by atoms with E-state index in [1.54, 1.807) is 0 Å². The minimum Gasteiger partial charge on any atom is -0.302 e. The Morgan fingerprint density at radius 2 is 1.95 bits per heavy atom. The molecule has 0 spiro atoms. The lowest BCUT2D eigenvalue weighted by Gasteiger charge is -2.12. The Morgan fingerprint density at radius 1 is 1.33 bits per heavy atom. The zero-order chi connectivity index (χ0) is 15.6. The first kappa shape index (κ1) is 15.4. The van der Waals surface area contributed by atoms with E-state index in [2.05, 4.69) is 10.3 Å². The van der Waals surface area contributed by atoms with Gasteiger partial charge in [0.25, 0.3) is 0 Å². The molecule has 2 heterocycles. The quantitative estimate of drug-likeness (QED) is 0.855. The molecule has 1 aromatic rings. The van der Waals surface area contributed by atoms with Gasteiger partial charge < -0.3 is 5.32 Å². The summed E-state index contributed by atoms with van der Waals surface area (Å²) < 4.78 is 37.0. The van der Waals surface area contributed by atoms with Gasteiger partial charge in [-0.2, -0.15) is 13.2 Å². The monoisotopic (exact) mass is 321 g/mol. The third kappa shape index (κ3) is 3.78. The first-order valence-electron chi connectivity index (χ1n) is 5.93. The number of likely N-dealkylation sites (tertiary alicyclic amines) is 1. The number of aromatic nitrogens is 1. The SMILES string of the molecule is O=C(CCN1C(=O)CCC1=O)Nc1nc(C(F)(F)F)cs1. The largest absolute Gasteiger partial charge is 0.434 e. The number of carbonyl (C=O) groups excluding carboxylic acids is 3. The highest BCUT2D eigenvalue weighted by Gasteiger charge is 2.34. The highest BCUT2D eigenvalue weighted by molar-refractivity contribution is 7.13. The lowest BCUT2D eigenvalue weighted by atomic mass is 10.3. The Labute approximate surface area is 120 Å². The van der Waals surface area contributed by atoms with Crippen molar-refractivity contribution in [3.05, 3.63) is 11.1 Å². The number of nitrogens with zero attached hydrogens (tertiary/aromatic N) is 2. The number of hydrogen-bond acceptors (Lipinski definition) is 5. The normalized spacial score (nSPS) is 15.7. The Bertz CT molecular complexity index is 569. The van der Waals surface area contributed by atoms with Crippen LogP contribution in [0.2, 0.25) is 0 Å². The van der Waals surface area contributed by atoms with Crippen molar-refractivity contribution in [2.45, 2.75) is 25.4 Å². The van der Waals surface area contributed by atoms with Crippen LogP contribution in [0.5, 0.6) is 0 Å². The van der Waals surface area contributed by atoms with Gasteiger partial charge in [0, 0.05) is 31.2 Å². The Morgan fingerprint density at radius 3 is 2.48 bits per heavy atom. The van der Waals surface area contributed by atoms with Crippen LogP contribution < -0.4 is 5.32 Å². The molecule has 0 saturated carbocycles. The number of anilines is 1. The van der Waals surface area contributed by atoms with Crippen molar-refractivity contribution in [2.75, 3.05) is 11.9 Å². The summed E-state index contributed by atoms with van der Waals surface area (Å²) in [5.74, 6) is -1.30. The fourth-order valence-electron chi connectivity index (χ4n) is 1.73. The first-order chi connectivity index (χ1) is 9.77. The second-order valence-corrected chi connectivity index (χ2v) is 5.13. The summed E-state index contributed by atoms with van der Waals surface area (Å²) in [6, 6.07) is 0. The second kappa shape index (κ2) is 5.80. The van der Waals surface area contributed by atoms with Gasteiger partial charge >= 0.3 is 6.18 Å². The molecule has 2 rings (SSSR count). The molecule has 1 aliphatic rings. The standard InChI is InChI=1S/C11H10F3N3O3S/c12-11(13,14)6-5-21-10(15-6)16-7(18)3-4-17-8(19)1-2-9(17)20/h5H,1-4H2,(H,15,16,18). The van der Waals surface area contributed by atoms with Gasteiger partial charge in [0.2, 0.25) is 17.7 Å². The van der Waals surface area contributed by atoms with E-state index in [4.69, 9.17) is 0 Å². The number of imide groups is 1. The number of nitrogens with one attached hydrogen (secondary N) is 1. The minimum absolute atomic E-state index is 0.0823. The van der Waals surface area contributed by atoms with Gasteiger partial charge in [-0.25, -0.2) is 4.98 Å². The topological polar surface area (TPSA) is 79.4 Å². The van der Waals surface area contributed by atoms with E-state index < -0.39 is 17.8 Å². The molecule has 6 nitrogen and oxygen atoms in total. The minimum atomic E-state index is -4.56. The van der Waals surface area contributed by atoms with E-state index in [0.717, 1.165) is 10.3 Å². The van der Waals surface area contributed by atoms with Gasteiger partial charge in [0.1, 0.15) is 0 Å². The Kier molecular flexibility index (Phi) is 4.26. The summed E-state index contributed by atoms with van der Waals surface area (Å²) in [6.07, 6.45) is -4.49. The van der Waals surface area contributed by atoms with Gasteiger partial charge in [-0.1, -0.05) is 0 Å². The molecule has 1 fully saturated rings. The molecule has 21 heavy (non-hydrogen) atoms. The number of carbonyl (C=O) groups is 3. The number of alkyl halides is 3. The van der Waals surface area contributed by atoms with Crippen LogP contribution in [-0.2, 0) is 20.6 Å². The molecule has 0 radical (unpaired) electrons. The van der Waals surface area contributed by atoms with Crippen molar-refractivity contribution in [3.63, 3.8) is 0 Å². The molecule has 10 heteroatoms. The summed E-state index contributed by atoms with van der Waals surface area (Å²) in [7, 11) is 0. The van der Waals surface area contributed by atoms with Crippen LogP contribution in [0.25, 0.3) is 0 Å². The predicted octanol–water partition coefficient (Wildman–Crippen LogP) is 1.64. The van der Waals surface area contributed by atoms with Gasteiger partial charge in [-0.15, -0.1) is 11.3 Å². The molecule has 114 valence electrons. The molecular weight excluding hydrogens is 311 g/mol. The van der Waals surface area contributed by atoms with E-state index >= 15 is 0 Å². The fraction of sp³-hybridized carbons (Fsp3) is 0.455. The summed E-state index contributed by atoms with van der Waals surface area (Å²) in [5, 5.41) is 2.83. The average molecular weight is 321 g/mol. The number of hydrogen-bond donors (Lipinski definition) is 1. The molecule has 1 saturated heterocycles. The van der Waals surface area contributed by atoms with Crippen LogP contribution in [0.4, 0.5) is 18.3 Å². The van der Waals surface area contributed by atoms with Gasteiger partial charge in [0.15, 0.2) is 10.8 Å². The van der Waals surface area contributed by atoms with E-state index in [1.165, 1.54) is 0 Å². The Hall–Kier alpha value is -1.97. The van der Waals surface area contributed by atoms with Crippen LogP contribution >= 0.6 is 11.3 Å². The average Bonchev–Trinajstić information content (AvgIpc) is 2.95. The van der Waals surface area contributed by atoms with Crippen molar-refractivity contribution in [1.82, 2.24) is 9.88 Å². The van der Waals surface area contributed by atoms with Gasteiger partial charge in [-0.05, 0) is 0 Å². The lowest BCUT2D eigenvalue weighted by molar-refractivity contribution is -0.141. The number of rotatable bonds is 4. The summed E-state index contributed by atoms with van der Waals surface area (Å²) in [6.45, 7) is -0.0823. The molecule has 0 unspecified atom stereocenters. The molecule has 0 aliphatic carbocycles. The van der Waals surface area contributed by atoms with Gasteiger partial charge in [-0.3, -0.25) is 19.3 Å². The van der Waals surface area contributed by atoms with Crippen LogP contribution in [0, 0.1) is 0 Å². The molecule has 1 N–H and O–H groups in total. The highest BCUT2D eigenvalue weighted by Crippen LogP contribution is 2.31. The van der Waals surface area contributed by atoms with Crippen molar-refractivity contribution in [2.24, 2.45) is 0 Å². The predicted molar refractivity (Wildman–Crippen MR) is 66.3 cm³/mol. The molecule has 1 aromatic heterocycles. The van der Waals surface area contributed by atoms with Crippen molar-refractivity contribution in [3.8, 4) is 0 Å². The molecule has 1 aliphatic heterocycles. The number of amides is 3. The van der Waals surface area contributed by atoms with E-state index in [0.29, 0.717) is 11.3 Å². The van der Waals surface area contributed by atoms with Crippen LogP contribution in [0.3, 0.4) is 0 Å². The number of thiazole rings is 1. The third-order valence-electron chi connectivity index (χ3n) is 2.76. The van der Waals surface area contributed by atoms with Crippen molar-refractivity contribution in [1.29, 1.82) is 0 Å². The molecule has 3 amide bonds. The van der Waals surface area contributed by atoms with Crippen LogP contribution in [0.15, 0.2) is 5.38 Å². The van der Waals surface area contributed by atoms with Gasteiger partial charge in [0.05, 0.1) is 0 Å². The first-order valence-corrected chi connectivity index (χ1v) is 6.81. The zero-order valence-corrected chi connectivity index (χ0v) is 11.4. The highest BCUT2D eigenvalue weighted by atomic mass is 32.1. The Balaban J connectivity index is 1.86. The van der Waals surface area contributed by atoms with Crippen molar-refractivity contribution >= 4 is 34.2 Å². The summed E-state index contributed by atoms with van der Waals surface area (Å²) in [4.78, 5) is 38.4. The second-order valence-electron chi connectivity index (χ2n) is 4.27. The third-order valence-corrected chi connectivity index (χ3v) is 3.52. The summed E-state index contributed by atoms with van der Waals surface area (Å²) in [5.41, 5.74) is -1.08. The fourth-order valence-corrected chi connectivity index (χ4v) is 2.46. The van der Waals surface area contributed by atoms with Crippen LogP contribution in [0.1, 0.15) is 25.0 Å². The maximum Gasteiger partial charge on any atom is 0.434 e. The molecule has 0 atom stereocenters. The lowest BCUT2D eigenvalue weighted by Crippen LogP contribution is -2.32. The van der Waals surface area contributed by atoms with Crippen LogP contribution in [-0.4, -0.2) is 34.2 Å². The van der Waals surface area contributed by atoms with Crippen molar-refractivity contribution < 1.29 is 27.6 Å². The van der Waals surface area contributed by atoms with E-state index in [-0.39, 0.29) is 42.8 Å². The number of halogens is 3. The maximum atomic E-state index is 12.3. The molecular formula is C11H10F3N3O3S. The molecule has 0 bridgehead atoms. The maximum absolute atomic E-state index is 12.3. The molecule has 0 aromatic carbocycles. The van der Waals surface area contributed by atoms with E-state index in [9.17, 15) is 27.6 Å². The zero-order valence-electron chi connectivity index (χ0n) is 10.6. The summed E-state index contributed by atoms with van der Waals surface area (Å²) >= 11 is 0.653. The van der Waals surface area contributed by atoms with E-state index in [1.807, 2.05) is 0 Å². The smallest absolute Gasteiger partial charge is 0.302 e.